The van der Waals surface area contributed by atoms with E-state index in [1.807, 2.05) is 25.1 Å². The average Bonchev–Trinajstić information content (AvgIpc) is 2.59. The molecule has 1 saturated heterocycles. The highest BCUT2D eigenvalue weighted by Gasteiger charge is 2.20. The predicted molar refractivity (Wildman–Crippen MR) is 85.1 cm³/mol. The van der Waals surface area contributed by atoms with Crippen LogP contribution in [0.4, 0.5) is 0 Å². The first kappa shape index (κ1) is 17.2. The Morgan fingerprint density at radius 1 is 1.39 bits per heavy atom. The smallest absolute Gasteiger partial charge is 0.257 e. The topological polar surface area (TPSA) is 88.7 Å². The van der Waals surface area contributed by atoms with Crippen LogP contribution in [0.2, 0.25) is 0 Å². The van der Waals surface area contributed by atoms with Gasteiger partial charge in [0, 0.05) is 19.6 Å². The summed E-state index contributed by atoms with van der Waals surface area (Å²) < 4.78 is 10.7. The molecule has 1 aromatic rings. The number of morpholine rings is 1. The Morgan fingerprint density at radius 3 is 3.00 bits per heavy atom. The third-order valence-corrected chi connectivity index (χ3v) is 3.35. The molecule has 0 aromatic heterocycles. The molecule has 0 aliphatic carbocycles. The van der Waals surface area contributed by atoms with Gasteiger partial charge in [-0.05, 0) is 24.6 Å². The Labute approximate surface area is 135 Å². The van der Waals surface area contributed by atoms with Crippen LogP contribution in [0.25, 0.3) is 0 Å². The van der Waals surface area contributed by atoms with Crippen molar-refractivity contribution in [1.82, 2.24) is 16.0 Å². The Balaban J connectivity index is 1.80. The lowest BCUT2D eigenvalue weighted by atomic mass is 10.2. The van der Waals surface area contributed by atoms with Crippen molar-refractivity contribution in [2.75, 3.05) is 32.9 Å². The van der Waals surface area contributed by atoms with Crippen molar-refractivity contribution >= 4 is 11.8 Å². The van der Waals surface area contributed by atoms with Gasteiger partial charge in [0.1, 0.15) is 11.8 Å². The van der Waals surface area contributed by atoms with Crippen LogP contribution in [0.5, 0.6) is 5.75 Å². The van der Waals surface area contributed by atoms with E-state index in [2.05, 4.69) is 16.0 Å². The molecule has 7 heteroatoms. The van der Waals surface area contributed by atoms with Crippen LogP contribution in [0.3, 0.4) is 0 Å². The molecular weight excluding hydrogens is 298 g/mol. The van der Waals surface area contributed by atoms with Crippen molar-refractivity contribution in [2.45, 2.75) is 19.5 Å². The van der Waals surface area contributed by atoms with Crippen LogP contribution >= 0.6 is 0 Å². The van der Waals surface area contributed by atoms with Gasteiger partial charge in [-0.3, -0.25) is 9.59 Å². The lowest BCUT2D eigenvalue weighted by Crippen LogP contribution is -2.51. The van der Waals surface area contributed by atoms with E-state index >= 15 is 0 Å². The average molecular weight is 321 g/mol. The normalized spacial score (nSPS) is 17.3. The lowest BCUT2D eigenvalue weighted by molar-refractivity contribution is -0.126. The number of amides is 2. The fourth-order valence-electron chi connectivity index (χ4n) is 2.19. The fraction of sp³-hybridized carbons (Fsp3) is 0.500. The minimum Gasteiger partial charge on any atom is -0.484 e. The number of benzene rings is 1. The second-order valence-corrected chi connectivity index (χ2v) is 5.19. The molecule has 1 aliphatic heterocycles. The van der Waals surface area contributed by atoms with Gasteiger partial charge in [0.15, 0.2) is 6.61 Å². The maximum absolute atomic E-state index is 12.0. The molecule has 0 bridgehead atoms. The largest absolute Gasteiger partial charge is 0.484 e. The van der Waals surface area contributed by atoms with Crippen molar-refractivity contribution in [3.63, 3.8) is 0 Å². The summed E-state index contributed by atoms with van der Waals surface area (Å²) in [6, 6.07) is 7.01. The van der Waals surface area contributed by atoms with E-state index in [9.17, 15) is 9.59 Å². The number of hydrogen-bond acceptors (Lipinski definition) is 5. The van der Waals surface area contributed by atoms with Crippen molar-refractivity contribution in [2.24, 2.45) is 0 Å². The SMILES string of the molecule is CCNC(=O)COc1cccc(CNC(=O)C2COCCN2)c1. The highest BCUT2D eigenvalue weighted by molar-refractivity contribution is 5.82. The summed E-state index contributed by atoms with van der Waals surface area (Å²) in [5.74, 6) is 0.357. The zero-order valence-corrected chi connectivity index (χ0v) is 13.3. The second kappa shape index (κ2) is 9.12. The first-order chi connectivity index (χ1) is 11.2. The van der Waals surface area contributed by atoms with Crippen LogP contribution in [0, 0.1) is 0 Å². The zero-order valence-electron chi connectivity index (χ0n) is 13.3. The highest BCUT2D eigenvalue weighted by Crippen LogP contribution is 2.13. The zero-order chi connectivity index (χ0) is 16.5. The molecular formula is C16H23N3O4. The number of nitrogens with one attached hydrogen (secondary N) is 3. The molecule has 1 atom stereocenters. The summed E-state index contributed by atoms with van der Waals surface area (Å²) in [7, 11) is 0. The molecule has 3 N–H and O–H groups in total. The summed E-state index contributed by atoms with van der Waals surface area (Å²) in [5.41, 5.74) is 0.906. The lowest BCUT2D eigenvalue weighted by Gasteiger charge is -2.22. The van der Waals surface area contributed by atoms with E-state index in [1.54, 1.807) is 6.07 Å². The van der Waals surface area contributed by atoms with Crippen molar-refractivity contribution in [3.8, 4) is 5.75 Å². The van der Waals surface area contributed by atoms with Crippen molar-refractivity contribution in [3.05, 3.63) is 29.8 Å². The third-order valence-electron chi connectivity index (χ3n) is 3.35. The maximum atomic E-state index is 12.0. The Bertz CT molecular complexity index is 530. The first-order valence-electron chi connectivity index (χ1n) is 7.76. The number of ether oxygens (including phenoxy) is 2. The second-order valence-electron chi connectivity index (χ2n) is 5.19. The first-order valence-corrected chi connectivity index (χ1v) is 7.76. The van der Waals surface area contributed by atoms with Crippen LogP contribution in [0.15, 0.2) is 24.3 Å². The molecule has 1 aliphatic rings. The number of hydrogen-bond donors (Lipinski definition) is 3. The van der Waals surface area contributed by atoms with Gasteiger partial charge in [-0.1, -0.05) is 12.1 Å². The van der Waals surface area contributed by atoms with E-state index in [0.29, 0.717) is 38.6 Å². The Hall–Kier alpha value is -2.12. The molecule has 2 rings (SSSR count). The van der Waals surface area contributed by atoms with E-state index in [4.69, 9.17) is 9.47 Å². The van der Waals surface area contributed by atoms with E-state index in [1.165, 1.54) is 0 Å². The van der Waals surface area contributed by atoms with Crippen molar-refractivity contribution in [1.29, 1.82) is 0 Å². The van der Waals surface area contributed by atoms with Gasteiger partial charge in [0.2, 0.25) is 5.91 Å². The molecule has 23 heavy (non-hydrogen) atoms. The van der Waals surface area contributed by atoms with Crippen molar-refractivity contribution < 1.29 is 19.1 Å². The fourth-order valence-corrected chi connectivity index (χ4v) is 2.19. The van der Waals surface area contributed by atoms with Crippen LogP contribution in [-0.4, -0.2) is 50.8 Å². The van der Waals surface area contributed by atoms with Gasteiger partial charge in [0.25, 0.3) is 5.91 Å². The summed E-state index contributed by atoms with van der Waals surface area (Å²) in [6.45, 7) is 4.51. The molecule has 0 spiro atoms. The summed E-state index contributed by atoms with van der Waals surface area (Å²) in [4.78, 5) is 23.4. The van der Waals surface area contributed by atoms with E-state index in [-0.39, 0.29) is 24.5 Å². The molecule has 1 heterocycles. The molecule has 1 unspecified atom stereocenters. The molecule has 126 valence electrons. The highest BCUT2D eigenvalue weighted by atomic mass is 16.5. The minimum absolute atomic E-state index is 0.0208. The molecule has 7 nitrogen and oxygen atoms in total. The van der Waals surface area contributed by atoms with Crippen LogP contribution < -0.4 is 20.7 Å². The molecule has 1 aromatic carbocycles. The van der Waals surface area contributed by atoms with Gasteiger partial charge >= 0.3 is 0 Å². The van der Waals surface area contributed by atoms with E-state index in [0.717, 1.165) is 5.56 Å². The Kier molecular flexibility index (Phi) is 6.83. The Morgan fingerprint density at radius 2 is 2.26 bits per heavy atom. The molecule has 1 fully saturated rings. The van der Waals surface area contributed by atoms with E-state index < -0.39 is 0 Å². The molecule has 0 saturated carbocycles. The molecule has 2 amide bonds. The van der Waals surface area contributed by atoms with Gasteiger partial charge in [0.05, 0.1) is 13.2 Å². The number of carbonyl (C=O) groups excluding carboxylic acids is 2. The third kappa shape index (κ3) is 5.88. The number of carbonyl (C=O) groups is 2. The van der Waals surface area contributed by atoms with Gasteiger partial charge in [-0.25, -0.2) is 0 Å². The summed E-state index contributed by atoms with van der Waals surface area (Å²) in [6.07, 6.45) is 0. The summed E-state index contributed by atoms with van der Waals surface area (Å²) >= 11 is 0. The summed E-state index contributed by atoms with van der Waals surface area (Å²) in [5, 5.41) is 8.64. The van der Waals surface area contributed by atoms with Gasteiger partial charge < -0.3 is 25.4 Å². The maximum Gasteiger partial charge on any atom is 0.257 e. The van der Waals surface area contributed by atoms with Crippen LogP contribution in [-0.2, 0) is 20.9 Å². The number of likely N-dealkylation sites (N-methyl/N-ethyl adjacent to an activating group) is 1. The van der Waals surface area contributed by atoms with Gasteiger partial charge in [-0.2, -0.15) is 0 Å². The van der Waals surface area contributed by atoms with Crippen LogP contribution in [0.1, 0.15) is 12.5 Å². The minimum atomic E-state index is -0.305. The molecule has 0 radical (unpaired) electrons. The number of rotatable bonds is 7. The predicted octanol–water partition coefficient (Wildman–Crippen LogP) is -0.194. The standard InChI is InChI=1S/C16H23N3O4/c1-2-17-15(20)11-23-13-5-3-4-12(8-13)9-19-16(21)14-10-22-7-6-18-14/h3-5,8,14,18H,2,6-7,9-11H2,1H3,(H,17,20)(H,19,21). The monoisotopic (exact) mass is 321 g/mol. The van der Waals surface area contributed by atoms with Gasteiger partial charge in [-0.15, -0.1) is 0 Å². The quantitative estimate of drug-likeness (QED) is 0.648.